The van der Waals surface area contributed by atoms with E-state index in [-0.39, 0.29) is 0 Å². The summed E-state index contributed by atoms with van der Waals surface area (Å²) in [5.74, 6) is 2.00. The third-order valence-electron chi connectivity index (χ3n) is 2.62. The van der Waals surface area contributed by atoms with Crippen LogP contribution in [0.3, 0.4) is 0 Å². The van der Waals surface area contributed by atoms with Gasteiger partial charge in [0.25, 0.3) is 0 Å². The Morgan fingerprint density at radius 2 is 1.95 bits per heavy atom. The highest BCUT2D eigenvalue weighted by Gasteiger charge is 2.03. The minimum absolute atomic E-state index is 0.385. The van der Waals surface area contributed by atoms with E-state index in [2.05, 4.69) is 15.0 Å². The average molecular weight is 252 g/mol. The summed E-state index contributed by atoms with van der Waals surface area (Å²) in [5.41, 5.74) is 6.58. The number of aromatic nitrogens is 3. The lowest BCUT2D eigenvalue weighted by atomic mass is 10.2. The fourth-order valence-corrected chi connectivity index (χ4v) is 1.84. The van der Waals surface area contributed by atoms with Crippen molar-refractivity contribution in [2.24, 2.45) is 0 Å². The first-order valence-electron chi connectivity index (χ1n) is 5.84. The maximum Gasteiger partial charge on any atom is 0.224 e. The van der Waals surface area contributed by atoms with Gasteiger partial charge in [-0.25, -0.2) is 4.98 Å². The Morgan fingerprint density at radius 1 is 1.11 bits per heavy atom. The van der Waals surface area contributed by atoms with E-state index in [1.165, 1.54) is 0 Å². The highest BCUT2D eigenvalue weighted by Crippen LogP contribution is 2.23. The Bertz CT molecular complexity index is 722. The molecule has 0 saturated heterocycles. The smallest absolute Gasteiger partial charge is 0.224 e. The summed E-state index contributed by atoms with van der Waals surface area (Å²) in [4.78, 5) is 12.5. The van der Waals surface area contributed by atoms with Gasteiger partial charge >= 0.3 is 0 Å². The van der Waals surface area contributed by atoms with Crippen molar-refractivity contribution in [3.63, 3.8) is 0 Å². The molecule has 0 aliphatic carbocycles. The van der Waals surface area contributed by atoms with Gasteiger partial charge in [0.1, 0.15) is 17.4 Å². The highest BCUT2D eigenvalue weighted by molar-refractivity contribution is 5.79. The zero-order chi connectivity index (χ0) is 13.2. The van der Waals surface area contributed by atoms with Crippen LogP contribution >= 0.6 is 0 Å². The van der Waals surface area contributed by atoms with Gasteiger partial charge in [-0.15, -0.1) is 0 Å². The van der Waals surface area contributed by atoms with Crippen molar-refractivity contribution in [2.45, 2.75) is 6.92 Å². The number of aryl methyl sites for hydroxylation is 1. The van der Waals surface area contributed by atoms with Crippen molar-refractivity contribution in [3.05, 3.63) is 48.4 Å². The molecule has 0 aliphatic heterocycles. The molecule has 0 atom stereocenters. The minimum Gasteiger partial charge on any atom is -0.437 e. The van der Waals surface area contributed by atoms with Gasteiger partial charge < -0.3 is 10.5 Å². The standard InChI is InChI=1S/C14H12N4O/c1-9-17-13(15)7-14(18-9)19-11-6-10-4-2-3-5-12(10)16-8-11/h2-8H,1H3,(H2,15,17,18). The van der Waals surface area contributed by atoms with E-state index in [1.807, 2.05) is 30.3 Å². The Balaban J connectivity index is 1.96. The first-order valence-corrected chi connectivity index (χ1v) is 5.84. The number of para-hydroxylation sites is 1. The first-order chi connectivity index (χ1) is 9.20. The molecule has 5 heteroatoms. The molecule has 0 bridgehead atoms. The molecular formula is C14H12N4O. The van der Waals surface area contributed by atoms with Crippen LogP contribution in [0.4, 0.5) is 5.82 Å². The number of benzene rings is 1. The summed E-state index contributed by atoms with van der Waals surface area (Å²) < 4.78 is 5.65. The van der Waals surface area contributed by atoms with Gasteiger partial charge in [-0.2, -0.15) is 4.98 Å². The van der Waals surface area contributed by atoms with Crippen molar-refractivity contribution in [1.29, 1.82) is 0 Å². The number of ether oxygens (including phenoxy) is 1. The molecule has 0 saturated carbocycles. The summed E-state index contributed by atoms with van der Waals surface area (Å²) in [7, 11) is 0. The molecule has 0 radical (unpaired) electrons. The van der Waals surface area contributed by atoms with Crippen LogP contribution in [0.15, 0.2) is 42.6 Å². The minimum atomic E-state index is 0.385. The number of hydrogen-bond acceptors (Lipinski definition) is 5. The maximum atomic E-state index is 5.66. The first kappa shape index (κ1) is 11.4. The van der Waals surface area contributed by atoms with Crippen molar-refractivity contribution >= 4 is 16.7 Å². The fourth-order valence-electron chi connectivity index (χ4n) is 1.84. The van der Waals surface area contributed by atoms with Gasteiger partial charge in [-0.05, 0) is 19.1 Å². The van der Waals surface area contributed by atoms with Crippen molar-refractivity contribution in [3.8, 4) is 11.6 Å². The summed E-state index contributed by atoms with van der Waals surface area (Å²) in [5, 5.41) is 1.01. The number of anilines is 1. The van der Waals surface area contributed by atoms with E-state index in [1.54, 1.807) is 19.2 Å². The molecule has 2 aromatic heterocycles. The fraction of sp³-hybridized carbons (Fsp3) is 0.0714. The molecule has 0 aliphatic rings. The summed E-state index contributed by atoms with van der Waals surface area (Å²) >= 11 is 0. The number of rotatable bonds is 2. The summed E-state index contributed by atoms with van der Waals surface area (Å²) in [6.45, 7) is 1.77. The van der Waals surface area contributed by atoms with E-state index in [9.17, 15) is 0 Å². The van der Waals surface area contributed by atoms with E-state index in [0.29, 0.717) is 23.3 Å². The predicted octanol–water partition coefficient (Wildman–Crippen LogP) is 2.71. The van der Waals surface area contributed by atoms with Gasteiger partial charge in [-0.3, -0.25) is 4.98 Å². The number of nitrogens with two attached hydrogens (primary N) is 1. The zero-order valence-corrected chi connectivity index (χ0v) is 10.4. The SMILES string of the molecule is Cc1nc(N)cc(Oc2cnc3ccccc3c2)n1. The lowest BCUT2D eigenvalue weighted by Gasteiger charge is -2.06. The molecule has 5 nitrogen and oxygen atoms in total. The van der Waals surface area contributed by atoms with Gasteiger partial charge in [0.05, 0.1) is 11.7 Å². The van der Waals surface area contributed by atoms with Gasteiger partial charge in [0, 0.05) is 11.5 Å². The molecule has 1 aromatic carbocycles. The summed E-state index contributed by atoms with van der Waals surface area (Å²) in [6.07, 6.45) is 1.66. The van der Waals surface area contributed by atoms with Crippen molar-refractivity contribution < 1.29 is 4.74 Å². The quantitative estimate of drug-likeness (QED) is 0.759. The second-order valence-corrected chi connectivity index (χ2v) is 4.14. The normalized spacial score (nSPS) is 10.6. The van der Waals surface area contributed by atoms with E-state index < -0.39 is 0 Å². The number of hydrogen-bond donors (Lipinski definition) is 1. The summed E-state index contributed by atoms with van der Waals surface area (Å²) in [6, 6.07) is 11.3. The van der Waals surface area contributed by atoms with Crippen LogP contribution < -0.4 is 10.5 Å². The van der Waals surface area contributed by atoms with E-state index in [0.717, 1.165) is 10.9 Å². The molecule has 94 valence electrons. The predicted molar refractivity (Wildman–Crippen MR) is 73.0 cm³/mol. The monoisotopic (exact) mass is 252 g/mol. The molecule has 2 heterocycles. The van der Waals surface area contributed by atoms with Crippen LogP contribution in [0.2, 0.25) is 0 Å². The molecule has 19 heavy (non-hydrogen) atoms. The Labute approximate surface area is 110 Å². The average Bonchev–Trinajstić information content (AvgIpc) is 2.37. The molecule has 3 aromatic rings. The topological polar surface area (TPSA) is 73.9 Å². The van der Waals surface area contributed by atoms with Crippen LogP contribution in [0, 0.1) is 6.92 Å². The molecule has 0 fully saturated rings. The van der Waals surface area contributed by atoms with Gasteiger partial charge in [0.15, 0.2) is 0 Å². The largest absolute Gasteiger partial charge is 0.437 e. The number of nitrogen functional groups attached to an aromatic ring is 1. The van der Waals surface area contributed by atoms with Crippen LogP contribution in [0.1, 0.15) is 5.82 Å². The molecule has 3 rings (SSSR count). The van der Waals surface area contributed by atoms with E-state index in [4.69, 9.17) is 10.5 Å². The lowest BCUT2D eigenvalue weighted by Crippen LogP contribution is -1.98. The van der Waals surface area contributed by atoms with Crippen LogP contribution in [-0.2, 0) is 0 Å². The number of pyridine rings is 1. The van der Waals surface area contributed by atoms with Gasteiger partial charge in [-0.1, -0.05) is 18.2 Å². The van der Waals surface area contributed by atoms with Crippen LogP contribution in [0.25, 0.3) is 10.9 Å². The number of nitrogens with zero attached hydrogens (tertiary/aromatic N) is 3. The van der Waals surface area contributed by atoms with Crippen LogP contribution in [-0.4, -0.2) is 15.0 Å². The molecule has 0 spiro atoms. The second-order valence-electron chi connectivity index (χ2n) is 4.14. The Kier molecular flexibility index (Phi) is 2.72. The Hall–Kier alpha value is -2.69. The lowest BCUT2D eigenvalue weighted by molar-refractivity contribution is 0.459. The van der Waals surface area contributed by atoms with E-state index >= 15 is 0 Å². The molecule has 0 amide bonds. The van der Waals surface area contributed by atoms with Crippen molar-refractivity contribution in [1.82, 2.24) is 15.0 Å². The highest BCUT2D eigenvalue weighted by atomic mass is 16.5. The second kappa shape index (κ2) is 4.53. The molecular weight excluding hydrogens is 240 g/mol. The third kappa shape index (κ3) is 2.44. The Morgan fingerprint density at radius 3 is 2.79 bits per heavy atom. The number of fused-ring (bicyclic) bond motifs is 1. The molecule has 2 N–H and O–H groups in total. The third-order valence-corrected chi connectivity index (χ3v) is 2.62. The van der Waals surface area contributed by atoms with Crippen LogP contribution in [0.5, 0.6) is 11.6 Å². The molecule has 0 unspecified atom stereocenters. The zero-order valence-electron chi connectivity index (χ0n) is 10.4. The van der Waals surface area contributed by atoms with Crippen molar-refractivity contribution in [2.75, 3.05) is 5.73 Å². The van der Waals surface area contributed by atoms with Gasteiger partial charge in [0.2, 0.25) is 5.88 Å². The maximum absolute atomic E-state index is 5.66.